The molecule has 2 N–H and O–H groups in total. The van der Waals surface area contributed by atoms with E-state index in [-0.39, 0.29) is 11.8 Å². The third kappa shape index (κ3) is 4.94. The maximum Gasteiger partial charge on any atom is 0.387 e. The van der Waals surface area contributed by atoms with E-state index in [0.29, 0.717) is 40.9 Å². The lowest BCUT2D eigenvalue weighted by molar-refractivity contribution is -0.0497. The fraction of sp³-hybridized carbons (Fsp3) is 0.304. The molecule has 162 valence electrons. The number of halogens is 2. The van der Waals surface area contributed by atoms with Crippen LogP contribution in [0.5, 0.6) is 5.75 Å². The van der Waals surface area contributed by atoms with E-state index in [1.54, 1.807) is 18.2 Å². The van der Waals surface area contributed by atoms with E-state index >= 15 is 0 Å². The number of urea groups is 1. The van der Waals surface area contributed by atoms with Gasteiger partial charge >= 0.3 is 12.6 Å². The monoisotopic (exact) mass is 426 g/mol. The third-order valence-corrected chi connectivity index (χ3v) is 4.92. The van der Waals surface area contributed by atoms with Gasteiger partial charge in [0, 0.05) is 30.2 Å². The number of ether oxygens (including phenoxy) is 1. The molecule has 0 aliphatic heterocycles. The summed E-state index contributed by atoms with van der Waals surface area (Å²) in [6.45, 7) is 2.19. The lowest BCUT2D eigenvalue weighted by atomic mass is 10.1. The molecule has 8 heteroatoms. The molecule has 3 aromatic rings. The number of hydrogen-bond acceptors (Lipinski definition) is 3. The van der Waals surface area contributed by atoms with Crippen LogP contribution in [0.3, 0.4) is 0 Å². The molecule has 0 saturated heterocycles. The van der Waals surface area contributed by atoms with Crippen LogP contribution in [0.4, 0.5) is 19.3 Å². The Kier molecular flexibility index (Phi) is 7.08. The second-order valence-electron chi connectivity index (χ2n) is 6.95. The van der Waals surface area contributed by atoms with Crippen molar-refractivity contribution < 1.29 is 18.3 Å². The highest BCUT2D eigenvalue weighted by atomic mass is 19.3. The van der Waals surface area contributed by atoms with Crippen LogP contribution in [-0.4, -0.2) is 23.8 Å². The zero-order chi connectivity index (χ0) is 22.4. The summed E-state index contributed by atoms with van der Waals surface area (Å²) in [7, 11) is 0. The van der Waals surface area contributed by atoms with Crippen molar-refractivity contribution in [1.29, 1.82) is 5.26 Å². The molecule has 0 saturated carbocycles. The van der Waals surface area contributed by atoms with Gasteiger partial charge in [-0.3, -0.25) is 0 Å². The summed E-state index contributed by atoms with van der Waals surface area (Å²) in [5.41, 5.74) is 3.20. The van der Waals surface area contributed by atoms with Gasteiger partial charge in [-0.25, -0.2) is 4.79 Å². The molecule has 0 unspecified atom stereocenters. The van der Waals surface area contributed by atoms with Crippen LogP contribution in [0.25, 0.3) is 22.2 Å². The lowest BCUT2D eigenvalue weighted by Crippen LogP contribution is -2.29. The number of aryl methyl sites for hydroxylation is 1. The number of amides is 2. The summed E-state index contributed by atoms with van der Waals surface area (Å²) >= 11 is 0. The van der Waals surface area contributed by atoms with E-state index in [2.05, 4.69) is 28.4 Å². The molecule has 2 aromatic carbocycles. The van der Waals surface area contributed by atoms with Gasteiger partial charge in [0.1, 0.15) is 11.8 Å². The molecule has 0 atom stereocenters. The van der Waals surface area contributed by atoms with Crippen molar-refractivity contribution >= 4 is 22.6 Å². The molecule has 2 amide bonds. The first-order valence-electron chi connectivity index (χ1n) is 10.1. The number of fused-ring (bicyclic) bond motifs is 1. The van der Waals surface area contributed by atoms with Gasteiger partial charge in [-0.2, -0.15) is 14.0 Å². The molecular formula is C23H24F2N4O2. The standard InChI is InChI=1S/C23H24F2N4O2/c1-3-5-12-27-23(30)28-16-8-6-15(7-9-16)21-19(14-26)18-11-10-17(31-22(24)25)13-20(18)29(21)4-2/h6-11,13,22H,3-5,12H2,1-2H3,(H2,27,28,30). The Labute approximate surface area is 179 Å². The number of alkyl halides is 2. The number of carbonyl (C=O) groups is 1. The van der Waals surface area contributed by atoms with Gasteiger partial charge < -0.3 is 19.9 Å². The Hall–Kier alpha value is -3.60. The van der Waals surface area contributed by atoms with E-state index in [9.17, 15) is 18.8 Å². The minimum atomic E-state index is -2.92. The molecule has 1 heterocycles. The lowest BCUT2D eigenvalue weighted by Gasteiger charge is -2.11. The number of hydrogen-bond donors (Lipinski definition) is 2. The molecule has 0 spiro atoms. The Balaban J connectivity index is 1.94. The summed E-state index contributed by atoms with van der Waals surface area (Å²) in [5.74, 6) is 0.0411. The smallest absolute Gasteiger partial charge is 0.387 e. The summed E-state index contributed by atoms with van der Waals surface area (Å²) in [4.78, 5) is 11.9. The first-order chi connectivity index (χ1) is 15.0. The van der Waals surface area contributed by atoms with Crippen molar-refractivity contribution in [3.8, 4) is 23.1 Å². The van der Waals surface area contributed by atoms with Gasteiger partial charge in [-0.15, -0.1) is 0 Å². The van der Waals surface area contributed by atoms with E-state index in [0.717, 1.165) is 18.4 Å². The third-order valence-electron chi connectivity index (χ3n) is 4.92. The van der Waals surface area contributed by atoms with Crippen LogP contribution in [-0.2, 0) is 6.54 Å². The fourth-order valence-electron chi connectivity index (χ4n) is 3.51. The van der Waals surface area contributed by atoms with Crippen molar-refractivity contribution in [1.82, 2.24) is 9.88 Å². The molecule has 0 radical (unpaired) electrons. The molecule has 0 aliphatic rings. The molecule has 6 nitrogen and oxygen atoms in total. The molecule has 0 aliphatic carbocycles. The summed E-state index contributed by atoms with van der Waals surface area (Å²) < 4.78 is 31.7. The quantitative estimate of drug-likeness (QED) is 0.452. The SMILES string of the molecule is CCCCNC(=O)Nc1ccc(-c2c(C#N)c3ccc(OC(F)F)cc3n2CC)cc1. The summed E-state index contributed by atoms with van der Waals surface area (Å²) in [6, 6.07) is 13.7. The zero-order valence-electron chi connectivity index (χ0n) is 17.4. The average molecular weight is 426 g/mol. The summed E-state index contributed by atoms with van der Waals surface area (Å²) in [6.07, 6.45) is 1.91. The van der Waals surface area contributed by atoms with Crippen LogP contribution >= 0.6 is 0 Å². The number of unbranched alkanes of at least 4 members (excludes halogenated alkanes) is 1. The molecule has 3 rings (SSSR count). The zero-order valence-corrected chi connectivity index (χ0v) is 17.4. The van der Waals surface area contributed by atoms with Gasteiger partial charge in [0.05, 0.1) is 16.8 Å². The Morgan fingerprint density at radius 1 is 1.19 bits per heavy atom. The highest BCUT2D eigenvalue weighted by Crippen LogP contribution is 2.36. The van der Waals surface area contributed by atoms with Crippen molar-refractivity contribution in [3.05, 3.63) is 48.0 Å². The molecule has 31 heavy (non-hydrogen) atoms. The topological polar surface area (TPSA) is 79.1 Å². The molecule has 1 aromatic heterocycles. The van der Waals surface area contributed by atoms with Crippen LogP contribution in [0.1, 0.15) is 32.3 Å². The highest BCUT2D eigenvalue weighted by molar-refractivity contribution is 5.95. The normalized spacial score (nSPS) is 10.8. The van der Waals surface area contributed by atoms with Crippen LogP contribution < -0.4 is 15.4 Å². The number of carbonyl (C=O) groups excluding carboxylic acids is 1. The number of nitriles is 1. The largest absolute Gasteiger partial charge is 0.435 e. The van der Waals surface area contributed by atoms with Gasteiger partial charge in [-0.1, -0.05) is 25.5 Å². The van der Waals surface area contributed by atoms with Gasteiger partial charge in [0.2, 0.25) is 0 Å². The fourth-order valence-corrected chi connectivity index (χ4v) is 3.51. The number of rotatable bonds is 8. The van der Waals surface area contributed by atoms with Gasteiger partial charge in [-0.05, 0) is 43.2 Å². The maximum atomic E-state index is 12.6. The first-order valence-corrected chi connectivity index (χ1v) is 10.1. The number of nitrogens with one attached hydrogen (secondary N) is 2. The van der Waals surface area contributed by atoms with Gasteiger partial charge in [0.25, 0.3) is 0 Å². The number of anilines is 1. The van der Waals surface area contributed by atoms with Crippen molar-refractivity contribution in [3.63, 3.8) is 0 Å². The number of benzene rings is 2. The van der Waals surface area contributed by atoms with E-state index < -0.39 is 6.61 Å². The second kappa shape index (κ2) is 9.94. The number of nitrogens with zero attached hydrogens (tertiary/aromatic N) is 2. The highest BCUT2D eigenvalue weighted by Gasteiger charge is 2.19. The van der Waals surface area contributed by atoms with Crippen LogP contribution in [0.2, 0.25) is 0 Å². The minimum Gasteiger partial charge on any atom is -0.435 e. The molecular weight excluding hydrogens is 402 g/mol. The van der Waals surface area contributed by atoms with Crippen molar-refractivity contribution in [2.24, 2.45) is 0 Å². The van der Waals surface area contributed by atoms with Gasteiger partial charge in [0.15, 0.2) is 0 Å². The average Bonchev–Trinajstić information content (AvgIpc) is 3.06. The van der Waals surface area contributed by atoms with E-state index in [4.69, 9.17) is 0 Å². The first kappa shape index (κ1) is 22.1. The predicted molar refractivity (Wildman–Crippen MR) is 116 cm³/mol. The Morgan fingerprint density at radius 2 is 1.94 bits per heavy atom. The maximum absolute atomic E-state index is 12.6. The number of aromatic nitrogens is 1. The summed E-state index contributed by atoms with van der Waals surface area (Å²) in [5, 5.41) is 16.0. The Bertz CT molecular complexity index is 1100. The van der Waals surface area contributed by atoms with E-state index in [1.165, 1.54) is 12.1 Å². The van der Waals surface area contributed by atoms with E-state index in [1.807, 2.05) is 23.6 Å². The second-order valence-corrected chi connectivity index (χ2v) is 6.95. The van der Waals surface area contributed by atoms with Crippen molar-refractivity contribution in [2.45, 2.75) is 39.8 Å². The molecule has 0 fully saturated rings. The van der Waals surface area contributed by atoms with Crippen LogP contribution in [0.15, 0.2) is 42.5 Å². The molecule has 0 bridgehead atoms. The predicted octanol–water partition coefficient (Wildman–Crippen LogP) is 5.72. The minimum absolute atomic E-state index is 0.0411. The Morgan fingerprint density at radius 3 is 2.55 bits per heavy atom. The van der Waals surface area contributed by atoms with Crippen molar-refractivity contribution in [2.75, 3.05) is 11.9 Å². The van der Waals surface area contributed by atoms with Crippen LogP contribution in [0, 0.1) is 11.3 Å².